The number of thiophene rings is 1. The fourth-order valence-corrected chi connectivity index (χ4v) is 2.91. The summed E-state index contributed by atoms with van der Waals surface area (Å²) >= 11 is 1.48. The summed E-state index contributed by atoms with van der Waals surface area (Å²) in [6.07, 6.45) is 0. The lowest BCUT2D eigenvalue weighted by Crippen LogP contribution is -2.42. The molecule has 0 spiro atoms. The van der Waals surface area contributed by atoms with Crippen LogP contribution in [-0.2, 0) is 0 Å². The molecule has 0 aliphatic heterocycles. The molecule has 0 unspecified atom stereocenters. The Hall–Kier alpha value is -0.870. The number of amides is 1. The van der Waals surface area contributed by atoms with E-state index in [4.69, 9.17) is 0 Å². The number of hydrogen-bond acceptors (Lipinski definition) is 3. The minimum absolute atomic E-state index is 0.0262. The smallest absolute Gasteiger partial charge is 0.264 e. The van der Waals surface area contributed by atoms with Gasteiger partial charge in [0, 0.05) is 13.1 Å². The molecule has 1 aromatic heterocycles. The maximum absolute atomic E-state index is 12.5. The van der Waals surface area contributed by atoms with Crippen LogP contribution in [0.1, 0.15) is 55.8 Å². The summed E-state index contributed by atoms with van der Waals surface area (Å²) in [4.78, 5) is 15.0. The maximum Gasteiger partial charge on any atom is 0.264 e. The summed E-state index contributed by atoms with van der Waals surface area (Å²) in [5.74, 6) is 0.370. The van der Waals surface area contributed by atoms with E-state index in [1.807, 2.05) is 18.4 Å². The zero-order chi connectivity index (χ0) is 13.9. The van der Waals surface area contributed by atoms with Crippen LogP contribution in [0.3, 0.4) is 0 Å². The fourth-order valence-electron chi connectivity index (χ4n) is 1.89. The van der Waals surface area contributed by atoms with E-state index in [-0.39, 0.29) is 5.91 Å². The molecule has 0 radical (unpaired) electrons. The van der Waals surface area contributed by atoms with Gasteiger partial charge in [-0.3, -0.25) is 4.79 Å². The largest absolute Gasteiger partial charge is 0.389 e. The van der Waals surface area contributed by atoms with E-state index in [1.54, 1.807) is 18.7 Å². The Morgan fingerprint density at radius 2 is 2.11 bits per heavy atom. The Morgan fingerprint density at radius 3 is 2.56 bits per heavy atom. The third kappa shape index (κ3) is 3.82. The summed E-state index contributed by atoms with van der Waals surface area (Å²) in [6.45, 7) is 10.5. The number of aliphatic hydroxyl groups is 1. The molecule has 1 amide bonds. The molecule has 1 aromatic rings. The zero-order valence-corrected chi connectivity index (χ0v) is 12.7. The van der Waals surface area contributed by atoms with Crippen molar-refractivity contribution in [2.24, 2.45) is 0 Å². The average Bonchev–Trinajstić information content (AvgIpc) is 2.72. The molecule has 1 rings (SSSR count). The Balaban J connectivity index is 2.93. The van der Waals surface area contributed by atoms with Gasteiger partial charge < -0.3 is 10.0 Å². The van der Waals surface area contributed by atoms with E-state index >= 15 is 0 Å². The standard InChI is InChI=1S/C14H23NO2S/c1-6-15(9-14(4,5)17)13(16)12-11(10(2)3)7-8-18-12/h7-8,10,17H,6,9H2,1-5H3. The van der Waals surface area contributed by atoms with Crippen molar-refractivity contribution < 1.29 is 9.90 Å². The summed E-state index contributed by atoms with van der Waals surface area (Å²) < 4.78 is 0. The lowest BCUT2D eigenvalue weighted by molar-refractivity contribution is 0.0316. The first-order chi connectivity index (χ1) is 8.26. The molecule has 0 saturated heterocycles. The molecule has 1 heterocycles. The highest BCUT2D eigenvalue weighted by atomic mass is 32.1. The first kappa shape index (κ1) is 15.2. The molecule has 0 saturated carbocycles. The molecule has 0 aliphatic carbocycles. The van der Waals surface area contributed by atoms with E-state index in [2.05, 4.69) is 13.8 Å². The van der Waals surface area contributed by atoms with Crippen molar-refractivity contribution in [3.8, 4) is 0 Å². The molecule has 1 N–H and O–H groups in total. The minimum atomic E-state index is -0.860. The summed E-state index contributed by atoms with van der Waals surface area (Å²) in [6, 6.07) is 2.01. The summed E-state index contributed by atoms with van der Waals surface area (Å²) in [7, 11) is 0. The van der Waals surface area contributed by atoms with Crippen LogP contribution in [0.5, 0.6) is 0 Å². The van der Waals surface area contributed by atoms with E-state index in [9.17, 15) is 9.90 Å². The molecular formula is C14H23NO2S. The molecule has 0 atom stereocenters. The number of hydrogen-bond donors (Lipinski definition) is 1. The van der Waals surface area contributed by atoms with Crippen molar-refractivity contribution in [3.05, 3.63) is 21.9 Å². The van der Waals surface area contributed by atoms with Gasteiger partial charge in [-0.15, -0.1) is 11.3 Å². The first-order valence-corrected chi connectivity index (χ1v) is 7.23. The minimum Gasteiger partial charge on any atom is -0.389 e. The van der Waals surface area contributed by atoms with Gasteiger partial charge in [0.25, 0.3) is 5.91 Å². The van der Waals surface area contributed by atoms with Crippen LogP contribution in [-0.4, -0.2) is 34.6 Å². The van der Waals surface area contributed by atoms with Gasteiger partial charge in [-0.1, -0.05) is 13.8 Å². The first-order valence-electron chi connectivity index (χ1n) is 6.35. The van der Waals surface area contributed by atoms with Crippen LogP contribution in [0.25, 0.3) is 0 Å². The summed E-state index contributed by atoms with van der Waals surface area (Å²) in [5.41, 5.74) is 0.236. The van der Waals surface area contributed by atoms with Crippen molar-refractivity contribution >= 4 is 17.2 Å². The van der Waals surface area contributed by atoms with E-state index < -0.39 is 5.60 Å². The van der Waals surface area contributed by atoms with Gasteiger partial charge in [0.2, 0.25) is 0 Å². The highest BCUT2D eigenvalue weighted by Gasteiger charge is 2.25. The van der Waals surface area contributed by atoms with Crippen LogP contribution in [0.2, 0.25) is 0 Å². The predicted octanol–water partition coefficient (Wildman–Crippen LogP) is 3.10. The summed E-state index contributed by atoms with van der Waals surface area (Å²) in [5, 5.41) is 11.8. The Bertz CT molecular complexity index is 404. The van der Waals surface area contributed by atoms with E-state index in [0.717, 1.165) is 10.4 Å². The van der Waals surface area contributed by atoms with Crippen molar-refractivity contribution in [1.29, 1.82) is 0 Å². The Labute approximate surface area is 113 Å². The lowest BCUT2D eigenvalue weighted by atomic mass is 10.0. The van der Waals surface area contributed by atoms with Crippen molar-refractivity contribution in [2.75, 3.05) is 13.1 Å². The van der Waals surface area contributed by atoms with Crippen molar-refractivity contribution in [3.63, 3.8) is 0 Å². The van der Waals surface area contributed by atoms with Crippen molar-refractivity contribution in [2.45, 2.75) is 46.1 Å². The highest BCUT2D eigenvalue weighted by Crippen LogP contribution is 2.26. The Kier molecular flexibility index (Phi) is 4.93. The van der Waals surface area contributed by atoms with E-state index in [0.29, 0.717) is 19.0 Å². The van der Waals surface area contributed by atoms with Crippen LogP contribution >= 0.6 is 11.3 Å². The lowest BCUT2D eigenvalue weighted by Gasteiger charge is -2.28. The molecule has 0 aromatic carbocycles. The van der Waals surface area contributed by atoms with Crippen molar-refractivity contribution in [1.82, 2.24) is 4.90 Å². The van der Waals surface area contributed by atoms with E-state index in [1.165, 1.54) is 11.3 Å². The molecule has 0 aliphatic rings. The van der Waals surface area contributed by atoms with Gasteiger partial charge in [-0.25, -0.2) is 0 Å². The van der Waals surface area contributed by atoms with Crippen LogP contribution < -0.4 is 0 Å². The topological polar surface area (TPSA) is 40.5 Å². The molecule has 0 fully saturated rings. The molecule has 4 heteroatoms. The number of nitrogens with zero attached hydrogens (tertiary/aromatic N) is 1. The monoisotopic (exact) mass is 269 g/mol. The van der Waals surface area contributed by atoms with Gasteiger partial charge in [0.15, 0.2) is 0 Å². The third-order valence-corrected chi connectivity index (χ3v) is 3.68. The predicted molar refractivity (Wildman–Crippen MR) is 76.3 cm³/mol. The van der Waals surface area contributed by atoms with Crippen LogP contribution in [0.4, 0.5) is 0 Å². The number of carbonyl (C=O) groups excluding carboxylic acids is 1. The Morgan fingerprint density at radius 1 is 1.50 bits per heavy atom. The zero-order valence-electron chi connectivity index (χ0n) is 11.9. The average molecular weight is 269 g/mol. The second-order valence-corrected chi connectivity index (χ2v) is 6.41. The van der Waals surface area contributed by atoms with Crippen LogP contribution in [0, 0.1) is 0 Å². The molecular weight excluding hydrogens is 246 g/mol. The third-order valence-electron chi connectivity index (χ3n) is 2.76. The molecule has 3 nitrogen and oxygen atoms in total. The van der Waals surface area contributed by atoms with Gasteiger partial charge in [0.1, 0.15) is 0 Å². The highest BCUT2D eigenvalue weighted by molar-refractivity contribution is 7.12. The van der Waals surface area contributed by atoms with Gasteiger partial charge in [0.05, 0.1) is 10.5 Å². The number of likely N-dealkylation sites (N-methyl/N-ethyl adjacent to an activating group) is 1. The second-order valence-electron chi connectivity index (χ2n) is 5.49. The molecule has 102 valence electrons. The SMILES string of the molecule is CCN(CC(C)(C)O)C(=O)c1sccc1C(C)C. The van der Waals surface area contributed by atoms with Crippen LogP contribution in [0.15, 0.2) is 11.4 Å². The normalized spacial score (nSPS) is 11.9. The molecule has 0 bridgehead atoms. The quantitative estimate of drug-likeness (QED) is 0.892. The number of carbonyl (C=O) groups is 1. The van der Waals surface area contributed by atoms with Gasteiger partial charge in [-0.05, 0) is 43.7 Å². The molecule has 18 heavy (non-hydrogen) atoms. The second kappa shape index (κ2) is 5.85. The maximum atomic E-state index is 12.5. The van der Waals surface area contributed by atoms with Gasteiger partial charge in [-0.2, -0.15) is 0 Å². The number of rotatable bonds is 5. The fraction of sp³-hybridized carbons (Fsp3) is 0.643. The van der Waals surface area contributed by atoms with Gasteiger partial charge >= 0.3 is 0 Å².